The summed E-state index contributed by atoms with van der Waals surface area (Å²) in [4.78, 5) is 33.6. The molecule has 0 aliphatic heterocycles. The molecular formula is C22H24N6O2. The van der Waals surface area contributed by atoms with Gasteiger partial charge in [0.1, 0.15) is 5.82 Å². The van der Waals surface area contributed by atoms with Gasteiger partial charge < -0.3 is 21.3 Å². The molecule has 0 aliphatic carbocycles. The van der Waals surface area contributed by atoms with Gasteiger partial charge in [-0.2, -0.15) is 4.98 Å². The summed E-state index contributed by atoms with van der Waals surface area (Å²) in [5.74, 6) is -0.0521. The first-order valence-corrected chi connectivity index (χ1v) is 9.45. The number of nitrogens with zero attached hydrogens (tertiary/aromatic N) is 3. The van der Waals surface area contributed by atoms with E-state index in [2.05, 4.69) is 20.6 Å². The lowest BCUT2D eigenvalue weighted by Gasteiger charge is -2.18. The number of nitrogens with two attached hydrogens (primary N) is 1. The molecule has 0 unspecified atom stereocenters. The molecule has 0 saturated carbocycles. The second kappa shape index (κ2) is 9.04. The third-order valence-electron chi connectivity index (χ3n) is 4.67. The molecule has 3 aromatic rings. The van der Waals surface area contributed by atoms with E-state index in [0.717, 1.165) is 11.3 Å². The summed E-state index contributed by atoms with van der Waals surface area (Å²) in [7, 11) is 1.70. The molecule has 30 heavy (non-hydrogen) atoms. The topological polar surface area (TPSA) is 113 Å². The predicted molar refractivity (Wildman–Crippen MR) is 118 cm³/mol. The summed E-state index contributed by atoms with van der Waals surface area (Å²) in [6.07, 6.45) is 1.39. The van der Waals surface area contributed by atoms with Crippen LogP contribution in [-0.2, 0) is 4.79 Å². The smallest absolute Gasteiger partial charge is 0.254 e. The summed E-state index contributed by atoms with van der Waals surface area (Å²) in [6.45, 7) is 3.47. The largest absolute Gasteiger partial charge is 0.365 e. The van der Waals surface area contributed by atoms with E-state index in [1.165, 1.54) is 18.0 Å². The van der Waals surface area contributed by atoms with Crippen LogP contribution in [0.3, 0.4) is 0 Å². The van der Waals surface area contributed by atoms with Crippen molar-refractivity contribution in [2.75, 3.05) is 22.6 Å². The number of hydrogen-bond donors (Lipinski definition) is 3. The highest BCUT2D eigenvalue weighted by molar-refractivity contribution is 5.97. The second-order valence-electron chi connectivity index (χ2n) is 6.85. The van der Waals surface area contributed by atoms with Gasteiger partial charge in [0.15, 0.2) is 0 Å². The lowest BCUT2D eigenvalue weighted by molar-refractivity contribution is -0.116. The van der Waals surface area contributed by atoms with Gasteiger partial charge in [0, 0.05) is 37.6 Å². The van der Waals surface area contributed by atoms with Gasteiger partial charge in [-0.3, -0.25) is 9.59 Å². The van der Waals surface area contributed by atoms with Crippen molar-refractivity contribution >= 4 is 35.0 Å². The fourth-order valence-electron chi connectivity index (χ4n) is 2.87. The van der Waals surface area contributed by atoms with Crippen molar-refractivity contribution in [3.05, 3.63) is 71.9 Å². The van der Waals surface area contributed by atoms with Gasteiger partial charge in [0.25, 0.3) is 5.91 Å². The van der Waals surface area contributed by atoms with Crippen LogP contribution in [0, 0.1) is 0 Å². The summed E-state index contributed by atoms with van der Waals surface area (Å²) < 4.78 is 0. The molecule has 0 radical (unpaired) electrons. The molecule has 8 heteroatoms. The average molecular weight is 404 g/mol. The SMILES string of the molecule is CC(=O)N(C)c1cccc(Nc2ncc(C(N)=O)c(N[C@H](C)c3ccccc3)n2)c1. The van der Waals surface area contributed by atoms with Gasteiger partial charge in [0.05, 0.1) is 5.56 Å². The van der Waals surface area contributed by atoms with Crippen molar-refractivity contribution in [3.63, 3.8) is 0 Å². The number of nitrogens with one attached hydrogen (secondary N) is 2. The first-order chi connectivity index (χ1) is 14.3. The molecule has 4 N–H and O–H groups in total. The lowest BCUT2D eigenvalue weighted by atomic mass is 10.1. The fourth-order valence-corrected chi connectivity index (χ4v) is 2.87. The van der Waals surface area contributed by atoms with Crippen molar-refractivity contribution in [1.29, 1.82) is 0 Å². The Labute approximate surface area is 175 Å². The number of carbonyl (C=O) groups excluding carboxylic acids is 2. The Kier molecular flexibility index (Phi) is 6.26. The van der Waals surface area contributed by atoms with E-state index in [9.17, 15) is 9.59 Å². The molecular weight excluding hydrogens is 380 g/mol. The van der Waals surface area contributed by atoms with Crippen molar-refractivity contribution in [3.8, 4) is 0 Å². The van der Waals surface area contributed by atoms with Crippen molar-refractivity contribution < 1.29 is 9.59 Å². The zero-order valence-corrected chi connectivity index (χ0v) is 17.1. The molecule has 1 atom stereocenters. The summed E-state index contributed by atoms with van der Waals surface area (Å²) in [6, 6.07) is 17.0. The number of anilines is 4. The molecule has 1 aromatic heterocycles. The van der Waals surface area contributed by atoms with Crippen LogP contribution in [0.2, 0.25) is 0 Å². The highest BCUT2D eigenvalue weighted by Gasteiger charge is 2.15. The van der Waals surface area contributed by atoms with E-state index < -0.39 is 5.91 Å². The van der Waals surface area contributed by atoms with E-state index in [1.54, 1.807) is 7.05 Å². The summed E-state index contributed by atoms with van der Waals surface area (Å²) >= 11 is 0. The van der Waals surface area contributed by atoms with Gasteiger partial charge in [-0.25, -0.2) is 4.98 Å². The summed E-state index contributed by atoms with van der Waals surface area (Å²) in [5.41, 5.74) is 8.18. The van der Waals surface area contributed by atoms with Crippen molar-refractivity contribution in [2.45, 2.75) is 19.9 Å². The van der Waals surface area contributed by atoms with Gasteiger partial charge >= 0.3 is 0 Å². The van der Waals surface area contributed by atoms with Crippen LogP contribution >= 0.6 is 0 Å². The number of carbonyl (C=O) groups is 2. The second-order valence-corrected chi connectivity index (χ2v) is 6.85. The molecule has 0 fully saturated rings. The molecule has 3 rings (SSSR count). The maximum Gasteiger partial charge on any atom is 0.254 e. The monoisotopic (exact) mass is 404 g/mol. The van der Waals surface area contributed by atoms with Crippen molar-refractivity contribution in [2.24, 2.45) is 5.73 Å². The Morgan fingerprint density at radius 2 is 1.83 bits per heavy atom. The highest BCUT2D eigenvalue weighted by Crippen LogP contribution is 2.24. The number of primary amides is 1. The first kappa shape index (κ1) is 20.8. The maximum atomic E-state index is 11.8. The van der Waals surface area contributed by atoms with Crippen LogP contribution in [0.5, 0.6) is 0 Å². The van der Waals surface area contributed by atoms with Gasteiger partial charge in [-0.15, -0.1) is 0 Å². The molecule has 0 bridgehead atoms. The maximum absolute atomic E-state index is 11.8. The van der Waals surface area contributed by atoms with E-state index in [-0.39, 0.29) is 17.5 Å². The van der Waals surface area contributed by atoms with Gasteiger partial charge in [-0.1, -0.05) is 36.4 Å². The van der Waals surface area contributed by atoms with Crippen LogP contribution in [0.4, 0.5) is 23.1 Å². The Hall–Kier alpha value is -3.94. The fraction of sp³-hybridized carbons (Fsp3) is 0.182. The van der Waals surface area contributed by atoms with Crippen LogP contribution in [-0.4, -0.2) is 28.8 Å². The Balaban J connectivity index is 1.86. The minimum Gasteiger partial charge on any atom is -0.365 e. The van der Waals surface area contributed by atoms with E-state index in [4.69, 9.17) is 5.73 Å². The minimum atomic E-state index is -0.616. The van der Waals surface area contributed by atoms with E-state index in [1.807, 2.05) is 61.5 Å². The molecule has 0 spiro atoms. The number of benzene rings is 2. The molecule has 0 saturated heterocycles. The molecule has 2 aromatic carbocycles. The average Bonchev–Trinajstić information content (AvgIpc) is 2.74. The van der Waals surface area contributed by atoms with Crippen LogP contribution in [0.1, 0.15) is 35.8 Å². The lowest BCUT2D eigenvalue weighted by Crippen LogP contribution is -2.22. The zero-order valence-electron chi connectivity index (χ0n) is 17.1. The first-order valence-electron chi connectivity index (χ1n) is 9.45. The van der Waals surface area contributed by atoms with Gasteiger partial charge in [0.2, 0.25) is 11.9 Å². The Morgan fingerprint density at radius 1 is 1.10 bits per heavy atom. The van der Waals surface area contributed by atoms with E-state index in [0.29, 0.717) is 17.5 Å². The normalized spacial score (nSPS) is 11.4. The Morgan fingerprint density at radius 3 is 2.50 bits per heavy atom. The number of aromatic nitrogens is 2. The molecule has 1 heterocycles. The predicted octanol–water partition coefficient (Wildman–Crippen LogP) is 3.47. The molecule has 8 nitrogen and oxygen atoms in total. The standard InChI is InChI=1S/C22H24N6O2/c1-14(16-8-5-4-6-9-16)25-21-19(20(23)30)13-24-22(27-21)26-17-10-7-11-18(12-17)28(3)15(2)29/h4-14H,1-3H3,(H2,23,30)(H2,24,25,26,27)/t14-/m1/s1. The number of rotatable bonds is 7. The van der Waals surface area contributed by atoms with E-state index >= 15 is 0 Å². The third kappa shape index (κ3) is 4.91. The van der Waals surface area contributed by atoms with Gasteiger partial charge in [-0.05, 0) is 30.7 Å². The molecule has 0 aliphatic rings. The highest BCUT2D eigenvalue weighted by atomic mass is 16.2. The Bertz CT molecular complexity index is 1050. The van der Waals surface area contributed by atoms with Crippen molar-refractivity contribution in [1.82, 2.24) is 9.97 Å². The zero-order chi connectivity index (χ0) is 21.7. The molecule has 154 valence electrons. The van der Waals surface area contributed by atoms with Crippen LogP contribution in [0.25, 0.3) is 0 Å². The number of amides is 2. The third-order valence-corrected chi connectivity index (χ3v) is 4.67. The molecule has 2 amide bonds. The quantitative estimate of drug-likeness (QED) is 0.556. The van der Waals surface area contributed by atoms with Crippen LogP contribution in [0.15, 0.2) is 60.8 Å². The summed E-state index contributed by atoms with van der Waals surface area (Å²) in [5, 5.41) is 6.34. The minimum absolute atomic E-state index is 0.0735. The number of hydrogen-bond acceptors (Lipinski definition) is 6. The van der Waals surface area contributed by atoms with Crippen LogP contribution < -0.4 is 21.3 Å².